The van der Waals surface area contributed by atoms with E-state index in [0.717, 1.165) is 18.2 Å². The number of carbonyl (C=O) groups is 1. The second-order valence-electron chi connectivity index (χ2n) is 5.94. The highest BCUT2D eigenvalue weighted by Gasteiger charge is 2.30. The van der Waals surface area contributed by atoms with E-state index >= 15 is 0 Å². The van der Waals surface area contributed by atoms with Crippen LogP contribution in [-0.4, -0.2) is 44.8 Å². The molecule has 0 aliphatic rings. The Labute approximate surface area is 172 Å². The number of methoxy groups -OCH3 is 1. The van der Waals surface area contributed by atoms with E-state index in [2.05, 4.69) is 20.0 Å². The van der Waals surface area contributed by atoms with E-state index in [1.54, 1.807) is 24.3 Å². The van der Waals surface area contributed by atoms with Crippen LogP contribution in [-0.2, 0) is 0 Å². The summed E-state index contributed by atoms with van der Waals surface area (Å²) in [6.45, 7) is -3.35. The predicted molar refractivity (Wildman–Crippen MR) is 97.6 cm³/mol. The maximum Gasteiger partial charge on any atom is 0.422 e. The Hall–Kier alpha value is -3.44. The Morgan fingerprint density at radius 3 is 2.10 bits per heavy atom. The molecule has 0 aromatic heterocycles. The molecule has 2 rings (SSSR count). The number of halogens is 6. The quantitative estimate of drug-likeness (QED) is 0.369. The molecule has 0 heterocycles. The summed E-state index contributed by atoms with van der Waals surface area (Å²) in [7, 11) is 1.48. The normalized spacial score (nSPS) is 12.0. The van der Waals surface area contributed by atoms with Crippen molar-refractivity contribution in [3.8, 4) is 17.2 Å². The zero-order valence-corrected chi connectivity index (χ0v) is 15.9. The van der Waals surface area contributed by atoms with Gasteiger partial charge in [0, 0.05) is 0 Å². The van der Waals surface area contributed by atoms with Gasteiger partial charge in [0.05, 0.1) is 18.9 Å². The summed E-state index contributed by atoms with van der Waals surface area (Å²) in [6.07, 6.45) is -8.08. The fourth-order valence-electron chi connectivity index (χ4n) is 2.14. The van der Waals surface area contributed by atoms with E-state index < -0.39 is 42.8 Å². The average Bonchev–Trinajstić information content (AvgIpc) is 2.70. The summed E-state index contributed by atoms with van der Waals surface area (Å²) in [4.78, 5) is 12.4. The molecule has 1 amide bonds. The summed E-state index contributed by atoms with van der Waals surface area (Å²) < 4.78 is 88.4. The lowest BCUT2D eigenvalue weighted by atomic mass is 10.2. The summed E-state index contributed by atoms with van der Waals surface area (Å²) >= 11 is 0. The Morgan fingerprint density at radius 1 is 0.935 bits per heavy atom. The van der Waals surface area contributed by atoms with Crippen molar-refractivity contribution in [3.05, 3.63) is 53.6 Å². The number of carbonyl (C=O) groups excluding carboxylic acids is 1. The average molecular weight is 450 g/mol. The SMILES string of the molecule is COc1ccc(/C=N\NC(=O)c2cc(OCC(F)(F)F)ccc2OCC(F)(F)F)cc1. The van der Waals surface area contributed by atoms with Crippen LogP contribution < -0.4 is 19.6 Å². The molecule has 0 saturated heterocycles. The molecule has 0 spiro atoms. The van der Waals surface area contributed by atoms with Crippen LogP contribution in [0.5, 0.6) is 17.2 Å². The Morgan fingerprint density at radius 2 is 1.52 bits per heavy atom. The molecule has 0 radical (unpaired) electrons. The largest absolute Gasteiger partial charge is 0.497 e. The Kier molecular flexibility index (Phi) is 7.72. The fourth-order valence-corrected chi connectivity index (χ4v) is 2.14. The third-order valence-electron chi connectivity index (χ3n) is 3.49. The van der Waals surface area contributed by atoms with Gasteiger partial charge in [-0.2, -0.15) is 31.4 Å². The monoisotopic (exact) mass is 450 g/mol. The maximum absolute atomic E-state index is 12.4. The highest BCUT2D eigenvalue weighted by Crippen LogP contribution is 2.27. The minimum atomic E-state index is -4.69. The van der Waals surface area contributed by atoms with Crippen molar-refractivity contribution in [2.45, 2.75) is 12.4 Å². The van der Waals surface area contributed by atoms with Gasteiger partial charge < -0.3 is 14.2 Å². The molecule has 2 aromatic carbocycles. The zero-order valence-electron chi connectivity index (χ0n) is 15.9. The first-order chi connectivity index (χ1) is 14.5. The lowest BCUT2D eigenvalue weighted by Gasteiger charge is -2.14. The Balaban J connectivity index is 2.17. The molecule has 0 aliphatic carbocycles. The van der Waals surface area contributed by atoms with Crippen molar-refractivity contribution < 1.29 is 45.3 Å². The number of hydrogen-bond acceptors (Lipinski definition) is 5. The minimum absolute atomic E-state index is 0.388. The van der Waals surface area contributed by atoms with Gasteiger partial charge in [-0.05, 0) is 48.0 Å². The molecular formula is C19H16F6N2O4. The molecule has 0 bridgehead atoms. The molecule has 0 aliphatic heterocycles. The summed E-state index contributed by atoms with van der Waals surface area (Å²) in [5.41, 5.74) is 2.15. The molecule has 0 unspecified atom stereocenters. The first-order valence-corrected chi connectivity index (χ1v) is 8.47. The van der Waals surface area contributed by atoms with Crippen LogP contribution in [0.4, 0.5) is 26.3 Å². The first kappa shape index (κ1) is 23.8. The number of hydrogen-bond donors (Lipinski definition) is 1. The molecular weight excluding hydrogens is 434 g/mol. The van der Waals surface area contributed by atoms with Crippen LogP contribution in [0.25, 0.3) is 0 Å². The number of hydrazone groups is 1. The van der Waals surface area contributed by atoms with Gasteiger partial charge >= 0.3 is 12.4 Å². The maximum atomic E-state index is 12.4. The molecule has 12 heteroatoms. The summed E-state index contributed by atoms with van der Waals surface area (Å²) in [5, 5.41) is 3.67. The summed E-state index contributed by atoms with van der Waals surface area (Å²) in [6, 6.07) is 9.20. The smallest absolute Gasteiger partial charge is 0.422 e. The van der Waals surface area contributed by atoms with Gasteiger partial charge in [0.1, 0.15) is 17.2 Å². The molecule has 0 atom stereocenters. The van der Waals surface area contributed by atoms with E-state index in [-0.39, 0.29) is 5.75 Å². The fraction of sp³-hybridized carbons (Fsp3) is 0.263. The van der Waals surface area contributed by atoms with Crippen LogP contribution in [0.3, 0.4) is 0 Å². The van der Waals surface area contributed by atoms with E-state index in [1.807, 2.05) is 0 Å². The number of alkyl halides is 6. The Bertz CT molecular complexity index is 911. The highest BCUT2D eigenvalue weighted by atomic mass is 19.4. The number of benzene rings is 2. The van der Waals surface area contributed by atoms with Crippen molar-refractivity contribution in [2.75, 3.05) is 20.3 Å². The van der Waals surface area contributed by atoms with Gasteiger partial charge in [0.2, 0.25) is 0 Å². The first-order valence-electron chi connectivity index (χ1n) is 8.47. The second-order valence-corrected chi connectivity index (χ2v) is 5.94. The molecule has 1 N–H and O–H groups in total. The van der Waals surface area contributed by atoms with Gasteiger partial charge in [-0.25, -0.2) is 5.43 Å². The zero-order chi connectivity index (χ0) is 23.1. The number of nitrogens with zero attached hydrogens (tertiary/aromatic N) is 1. The topological polar surface area (TPSA) is 69.2 Å². The van der Waals surface area contributed by atoms with E-state index in [4.69, 9.17) is 4.74 Å². The van der Waals surface area contributed by atoms with Crippen LogP contribution in [0, 0.1) is 0 Å². The minimum Gasteiger partial charge on any atom is -0.497 e. The lowest BCUT2D eigenvalue weighted by molar-refractivity contribution is -0.154. The van der Waals surface area contributed by atoms with Crippen molar-refractivity contribution >= 4 is 12.1 Å². The van der Waals surface area contributed by atoms with Gasteiger partial charge in [0.25, 0.3) is 5.91 Å². The third-order valence-corrected chi connectivity index (χ3v) is 3.49. The van der Waals surface area contributed by atoms with Crippen molar-refractivity contribution in [2.24, 2.45) is 5.10 Å². The van der Waals surface area contributed by atoms with Gasteiger partial charge in [-0.3, -0.25) is 4.79 Å². The number of nitrogens with one attached hydrogen (secondary N) is 1. The number of rotatable bonds is 8. The molecule has 0 fully saturated rings. The lowest BCUT2D eigenvalue weighted by Crippen LogP contribution is -2.23. The van der Waals surface area contributed by atoms with Gasteiger partial charge in [0.15, 0.2) is 13.2 Å². The predicted octanol–water partition coefficient (Wildman–Crippen LogP) is 4.34. The van der Waals surface area contributed by atoms with Gasteiger partial charge in [-0.15, -0.1) is 0 Å². The second kappa shape index (κ2) is 10.0. The van der Waals surface area contributed by atoms with Gasteiger partial charge in [-0.1, -0.05) is 0 Å². The van der Waals surface area contributed by atoms with E-state index in [9.17, 15) is 31.1 Å². The van der Waals surface area contributed by atoms with Crippen LogP contribution in [0.1, 0.15) is 15.9 Å². The van der Waals surface area contributed by atoms with Crippen molar-refractivity contribution in [1.82, 2.24) is 5.43 Å². The van der Waals surface area contributed by atoms with Crippen LogP contribution in [0.15, 0.2) is 47.6 Å². The highest BCUT2D eigenvalue weighted by molar-refractivity contribution is 5.97. The van der Waals surface area contributed by atoms with Crippen molar-refractivity contribution in [3.63, 3.8) is 0 Å². The number of ether oxygens (including phenoxy) is 3. The molecule has 6 nitrogen and oxygen atoms in total. The molecule has 0 saturated carbocycles. The molecule has 2 aromatic rings. The summed E-state index contributed by atoms with van der Waals surface area (Å²) in [5.74, 6) is -1.32. The van der Waals surface area contributed by atoms with E-state index in [0.29, 0.717) is 11.3 Å². The van der Waals surface area contributed by atoms with Crippen LogP contribution >= 0.6 is 0 Å². The third kappa shape index (κ3) is 8.44. The standard InChI is InChI=1S/C19H16F6N2O4/c1-29-13-4-2-12(3-5-13)9-26-27-17(28)15-8-14(30-10-18(20,21)22)6-7-16(15)31-11-19(23,24)25/h2-9H,10-11H2,1H3,(H,27,28)/b26-9-. The molecule has 31 heavy (non-hydrogen) atoms. The number of amides is 1. The van der Waals surface area contributed by atoms with Crippen LogP contribution in [0.2, 0.25) is 0 Å². The van der Waals surface area contributed by atoms with E-state index in [1.165, 1.54) is 13.3 Å². The van der Waals surface area contributed by atoms with Crippen molar-refractivity contribution in [1.29, 1.82) is 0 Å². The molecule has 168 valence electrons.